The highest BCUT2D eigenvalue weighted by Crippen LogP contribution is 2.26. The fourth-order valence-corrected chi connectivity index (χ4v) is 1.86. The van der Waals surface area contributed by atoms with Gasteiger partial charge in [0.05, 0.1) is 0 Å². The molecule has 0 aliphatic rings. The van der Waals surface area contributed by atoms with E-state index in [1.54, 1.807) is 0 Å². The average Bonchev–Trinajstić information content (AvgIpc) is 2.18. The maximum atomic E-state index is 6.28. The molecule has 0 bridgehead atoms. The van der Waals surface area contributed by atoms with Crippen LogP contribution in [0.3, 0.4) is 0 Å². The van der Waals surface area contributed by atoms with Gasteiger partial charge in [-0.2, -0.15) is 0 Å². The van der Waals surface area contributed by atoms with Gasteiger partial charge in [0.2, 0.25) is 0 Å². The molecule has 14 heavy (non-hydrogen) atoms. The Hall–Kier alpha value is -0.750. The molecule has 0 saturated carbocycles. The highest BCUT2D eigenvalue weighted by atomic mass is 35.5. The molecule has 0 N–H and O–H groups in total. The topological polar surface area (TPSA) is 0 Å². The Balaban J connectivity index is 3.22. The third-order valence-corrected chi connectivity index (χ3v) is 2.84. The summed E-state index contributed by atoms with van der Waals surface area (Å²) in [6.07, 6.45) is 6.37. The van der Waals surface area contributed by atoms with E-state index in [9.17, 15) is 0 Å². The molecule has 1 rings (SSSR count). The van der Waals surface area contributed by atoms with E-state index >= 15 is 0 Å². The van der Waals surface area contributed by atoms with Gasteiger partial charge in [-0.15, -0.1) is 0 Å². The SMILES string of the molecule is CC=Cc1ccc(C)c(Cl)c1CCC. The lowest BCUT2D eigenvalue weighted by Gasteiger charge is -2.09. The molecule has 0 amide bonds. The fourth-order valence-electron chi connectivity index (χ4n) is 1.59. The van der Waals surface area contributed by atoms with Gasteiger partial charge in [-0.1, -0.05) is 49.2 Å². The molecule has 0 spiro atoms. The number of hydrogen-bond acceptors (Lipinski definition) is 0. The van der Waals surface area contributed by atoms with E-state index in [1.165, 1.54) is 16.7 Å². The summed E-state index contributed by atoms with van der Waals surface area (Å²) in [5, 5.41) is 0.933. The summed E-state index contributed by atoms with van der Waals surface area (Å²) in [6.45, 7) is 6.27. The van der Waals surface area contributed by atoms with Crippen molar-refractivity contribution in [3.63, 3.8) is 0 Å². The predicted octanol–water partition coefficient (Wildman–Crippen LogP) is 4.63. The maximum Gasteiger partial charge on any atom is 0.0473 e. The van der Waals surface area contributed by atoms with Gasteiger partial charge in [0.1, 0.15) is 0 Å². The van der Waals surface area contributed by atoms with Gasteiger partial charge in [0.15, 0.2) is 0 Å². The first kappa shape index (κ1) is 11.3. The van der Waals surface area contributed by atoms with E-state index in [0.29, 0.717) is 0 Å². The molecule has 1 aromatic rings. The number of benzene rings is 1. The smallest absolute Gasteiger partial charge is 0.0473 e. The Labute approximate surface area is 91.6 Å². The molecular weight excluding hydrogens is 192 g/mol. The van der Waals surface area contributed by atoms with Gasteiger partial charge in [-0.3, -0.25) is 0 Å². The normalized spacial score (nSPS) is 11.1. The lowest BCUT2D eigenvalue weighted by Crippen LogP contribution is -1.92. The van der Waals surface area contributed by atoms with Gasteiger partial charge in [0.25, 0.3) is 0 Å². The Morgan fingerprint density at radius 3 is 2.64 bits per heavy atom. The van der Waals surface area contributed by atoms with E-state index in [0.717, 1.165) is 17.9 Å². The summed E-state index contributed by atoms with van der Waals surface area (Å²) in [6, 6.07) is 4.23. The van der Waals surface area contributed by atoms with E-state index in [1.807, 2.05) is 6.92 Å². The lowest BCUT2D eigenvalue weighted by molar-refractivity contribution is 0.918. The molecular formula is C13H17Cl. The summed E-state index contributed by atoms with van der Waals surface area (Å²) in [5.41, 5.74) is 3.71. The largest absolute Gasteiger partial charge is 0.0871 e. The highest BCUT2D eigenvalue weighted by Gasteiger charge is 2.06. The minimum absolute atomic E-state index is 0.933. The van der Waals surface area contributed by atoms with Crippen molar-refractivity contribution in [1.29, 1.82) is 0 Å². The standard InChI is InChI=1S/C13H17Cl/c1-4-6-11-9-8-10(3)13(14)12(11)7-5-2/h4,6,8-9H,5,7H2,1-3H3. The van der Waals surface area contributed by atoms with Crippen molar-refractivity contribution < 1.29 is 0 Å². The molecule has 0 aliphatic heterocycles. The third-order valence-electron chi connectivity index (χ3n) is 2.32. The Bertz CT molecular complexity index is 337. The van der Waals surface area contributed by atoms with Crippen LogP contribution in [0.15, 0.2) is 18.2 Å². The molecule has 76 valence electrons. The summed E-state index contributed by atoms with van der Waals surface area (Å²) >= 11 is 6.28. The molecule has 0 saturated heterocycles. The first-order valence-electron chi connectivity index (χ1n) is 5.11. The van der Waals surface area contributed by atoms with Gasteiger partial charge in [0, 0.05) is 5.02 Å². The first-order valence-corrected chi connectivity index (χ1v) is 5.49. The number of hydrogen-bond donors (Lipinski definition) is 0. The number of aryl methyl sites for hydroxylation is 1. The Morgan fingerprint density at radius 1 is 1.36 bits per heavy atom. The molecule has 0 fully saturated rings. The second-order valence-electron chi connectivity index (χ2n) is 3.51. The number of allylic oxidation sites excluding steroid dienone is 1. The number of halogens is 1. The van der Waals surface area contributed by atoms with Gasteiger partial charge in [-0.05, 0) is 37.0 Å². The van der Waals surface area contributed by atoms with Crippen molar-refractivity contribution in [1.82, 2.24) is 0 Å². The highest BCUT2D eigenvalue weighted by molar-refractivity contribution is 6.32. The maximum absolute atomic E-state index is 6.28. The van der Waals surface area contributed by atoms with Crippen molar-refractivity contribution in [2.45, 2.75) is 33.6 Å². The van der Waals surface area contributed by atoms with Crippen LogP contribution in [-0.4, -0.2) is 0 Å². The van der Waals surface area contributed by atoms with Crippen molar-refractivity contribution >= 4 is 17.7 Å². The quantitative estimate of drug-likeness (QED) is 0.679. The zero-order valence-corrected chi connectivity index (χ0v) is 9.86. The van der Waals surface area contributed by atoms with Crippen molar-refractivity contribution in [3.05, 3.63) is 39.9 Å². The van der Waals surface area contributed by atoms with Crippen molar-refractivity contribution in [2.24, 2.45) is 0 Å². The van der Waals surface area contributed by atoms with Crippen LogP contribution in [0.2, 0.25) is 5.02 Å². The molecule has 1 aromatic carbocycles. The van der Waals surface area contributed by atoms with Gasteiger partial charge < -0.3 is 0 Å². The second-order valence-corrected chi connectivity index (χ2v) is 3.89. The lowest BCUT2D eigenvalue weighted by atomic mass is 10.00. The van der Waals surface area contributed by atoms with Crippen LogP contribution < -0.4 is 0 Å². The average molecular weight is 209 g/mol. The first-order chi connectivity index (χ1) is 6.70. The third kappa shape index (κ3) is 2.39. The van der Waals surface area contributed by atoms with Crippen LogP contribution in [0, 0.1) is 6.92 Å². The van der Waals surface area contributed by atoms with E-state index < -0.39 is 0 Å². The van der Waals surface area contributed by atoms with Gasteiger partial charge in [-0.25, -0.2) is 0 Å². The predicted molar refractivity (Wildman–Crippen MR) is 64.9 cm³/mol. The Morgan fingerprint density at radius 2 is 2.07 bits per heavy atom. The zero-order valence-electron chi connectivity index (χ0n) is 9.10. The van der Waals surface area contributed by atoms with Crippen LogP contribution >= 0.6 is 11.6 Å². The van der Waals surface area contributed by atoms with Crippen LogP contribution in [0.5, 0.6) is 0 Å². The molecule has 0 heterocycles. The molecule has 0 atom stereocenters. The minimum atomic E-state index is 0.933. The summed E-state index contributed by atoms with van der Waals surface area (Å²) in [5.74, 6) is 0. The summed E-state index contributed by atoms with van der Waals surface area (Å²) < 4.78 is 0. The molecule has 1 heteroatoms. The van der Waals surface area contributed by atoms with Crippen molar-refractivity contribution in [3.8, 4) is 0 Å². The van der Waals surface area contributed by atoms with Gasteiger partial charge >= 0.3 is 0 Å². The second kappa shape index (κ2) is 5.21. The number of rotatable bonds is 3. The van der Waals surface area contributed by atoms with E-state index in [-0.39, 0.29) is 0 Å². The van der Waals surface area contributed by atoms with E-state index in [2.05, 4.69) is 38.1 Å². The van der Waals surface area contributed by atoms with Crippen molar-refractivity contribution in [2.75, 3.05) is 0 Å². The molecule has 0 nitrogen and oxygen atoms in total. The van der Waals surface area contributed by atoms with E-state index in [4.69, 9.17) is 11.6 Å². The summed E-state index contributed by atoms with van der Waals surface area (Å²) in [4.78, 5) is 0. The Kier molecular flexibility index (Phi) is 4.21. The fraction of sp³-hybridized carbons (Fsp3) is 0.385. The molecule has 0 unspecified atom stereocenters. The van der Waals surface area contributed by atoms with Crippen LogP contribution in [0.4, 0.5) is 0 Å². The molecule has 0 aliphatic carbocycles. The molecule has 0 radical (unpaired) electrons. The summed E-state index contributed by atoms with van der Waals surface area (Å²) in [7, 11) is 0. The minimum Gasteiger partial charge on any atom is -0.0871 e. The zero-order chi connectivity index (χ0) is 10.6. The van der Waals surface area contributed by atoms with Crippen LogP contribution in [-0.2, 0) is 6.42 Å². The monoisotopic (exact) mass is 208 g/mol. The molecule has 0 aromatic heterocycles. The van der Waals surface area contributed by atoms with Crippen LogP contribution in [0.1, 0.15) is 37.0 Å². The van der Waals surface area contributed by atoms with Crippen LogP contribution in [0.25, 0.3) is 6.08 Å².